The van der Waals surface area contributed by atoms with E-state index in [1.165, 1.54) is 0 Å². The molecule has 0 aliphatic rings. The van der Waals surface area contributed by atoms with Crippen LogP contribution in [0.1, 0.15) is 31.5 Å². The number of pyridine rings is 1. The molecule has 0 saturated carbocycles. The van der Waals surface area contributed by atoms with Gasteiger partial charge in [0.25, 0.3) is 0 Å². The fourth-order valence-electron chi connectivity index (χ4n) is 1.88. The molecule has 3 nitrogen and oxygen atoms in total. The Morgan fingerprint density at radius 3 is 2.62 bits per heavy atom. The van der Waals surface area contributed by atoms with Crippen LogP contribution in [0.15, 0.2) is 24.8 Å². The summed E-state index contributed by atoms with van der Waals surface area (Å²) < 4.78 is 5.70. The number of ether oxygens (including phenoxy) is 1. The van der Waals surface area contributed by atoms with Crippen LogP contribution in [0.25, 0.3) is 24.8 Å². The standard InChI is InChI=1S/C18H23NO2/c1-5-8-11-16-14(4)15(7-3)17(10-6-2)19-18(16)21-13-9-12-20/h5-8,10-11,20H,3-4,9,12-13H2,1-2H3/b8-5-,10-6-,16-11+. The van der Waals surface area contributed by atoms with Gasteiger partial charge in [-0.1, -0.05) is 37.5 Å². The van der Waals surface area contributed by atoms with Gasteiger partial charge >= 0.3 is 0 Å². The van der Waals surface area contributed by atoms with E-state index in [4.69, 9.17) is 9.84 Å². The van der Waals surface area contributed by atoms with E-state index in [0.717, 1.165) is 21.7 Å². The minimum absolute atomic E-state index is 0.0948. The van der Waals surface area contributed by atoms with Gasteiger partial charge in [0.05, 0.1) is 12.3 Å². The molecule has 3 heteroatoms. The first-order valence-electron chi connectivity index (χ1n) is 7.04. The van der Waals surface area contributed by atoms with Crippen molar-refractivity contribution in [1.82, 2.24) is 4.98 Å². The van der Waals surface area contributed by atoms with Crippen LogP contribution < -0.4 is 15.2 Å². The number of hydrogen-bond acceptors (Lipinski definition) is 3. The lowest BCUT2D eigenvalue weighted by atomic mass is 10.1. The average Bonchev–Trinajstić information content (AvgIpc) is 2.47. The summed E-state index contributed by atoms with van der Waals surface area (Å²) in [6.07, 6.45) is 11.9. The van der Waals surface area contributed by atoms with Gasteiger partial charge in [-0.05, 0) is 31.2 Å². The predicted molar refractivity (Wildman–Crippen MR) is 90.3 cm³/mol. The molecule has 1 rings (SSSR count). The zero-order chi connectivity index (χ0) is 15.7. The molecule has 112 valence electrons. The zero-order valence-corrected chi connectivity index (χ0v) is 12.8. The molecule has 21 heavy (non-hydrogen) atoms. The first-order chi connectivity index (χ1) is 10.2. The molecule has 0 bridgehead atoms. The third-order valence-electron chi connectivity index (χ3n) is 2.90. The largest absolute Gasteiger partial charge is 0.477 e. The van der Waals surface area contributed by atoms with Gasteiger partial charge in [0, 0.05) is 23.8 Å². The molecule has 0 fully saturated rings. The molecule has 0 aliphatic heterocycles. The summed E-state index contributed by atoms with van der Waals surface area (Å²) in [7, 11) is 0. The van der Waals surface area contributed by atoms with Crippen molar-refractivity contribution in [3.63, 3.8) is 0 Å². The fraction of sp³-hybridized carbons (Fsp3) is 0.278. The molecule has 0 saturated heterocycles. The lowest BCUT2D eigenvalue weighted by Gasteiger charge is -2.10. The van der Waals surface area contributed by atoms with Gasteiger partial charge in [0.15, 0.2) is 0 Å². The second kappa shape index (κ2) is 8.93. The third kappa shape index (κ3) is 4.43. The summed E-state index contributed by atoms with van der Waals surface area (Å²) in [6, 6.07) is 0. The Balaban J connectivity index is 3.50. The van der Waals surface area contributed by atoms with Crippen molar-refractivity contribution in [1.29, 1.82) is 0 Å². The topological polar surface area (TPSA) is 42.4 Å². The Bertz CT molecular complexity index is 642. The van der Waals surface area contributed by atoms with E-state index < -0.39 is 0 Å². The number of aliphatic hydroxyl groups is 1. The molecule has 0 spiro atoms. The SMILES string of the molecule is C=Cc1c(/C=C\C)nc(OCCCO)/c(=C/C=C\C)c1=C. The van der Waals surface area contributed by atoms with Gasteiger partial charge in [-0.15, -0.1) is 0 Å². The van der Waals surface area contributed by atoms with E-state index in [2.05, 4.69) is 18.1 Å². The van der Waals surface area contributed by atoms with E-state index >= 15 is 0 Å². The van der Waals surface area contributed by atoms with Crippen LogP contribution in [0.3, 0.4) is 0 Å². The first kappa shape index (κ1) is 16.9. The Morgan fingerprint density at radius 2 is 2.05 bits per heavy atom. The summed E-state index contributed by atoms with van der Waals surface area (Å²) in [6.45, 7) is 12.4. The van der Waals surface area contributed by atoms with Crippen LogP contribution in [-0.4, -0.2) is 23.3 Å². The molecule has 1 heterocycles. The molecular formula is C18H23NO2. The maximum Gasteiger partial charge on any atom is 0.221 e. The Morgan fingerprint density at radius 1 is 1.29 bits per heavy atom. The second-order valence-corrected chi connectivity index (χ2v) is 4.43. The van der Waals surface area contributed by atoms with E-state index in [1.54, 1.807) is 6.08 Å². The molecule has 1 aromatic heterocycles. The van der Waals surface area contributed by atoms with E-state index in [9.17, 15) is 0 Å². The quantitative estimate of drug-likeness (QED) is 0.782. The van der Waals surface area contributed by atoms with Crippen LogP contribution in [0, 0.1) is 0 Å². The van der Waals surface area contributed by atoms with E-state index in [-0.39, 0.29) is 6.61 Å². The summed E-state index contributed by atoms with van der Waals surface area (Å²) in [5.41, 5.74) is 1.69. The smallest absolute Gasteiger partial charge is 0.221 e. The molecule has 0 aromatic carbocycles. The van der Waals surface area contributed by atoms with Crippen molar-refractivity contribution in [3.8, 4) is 5.88 Å². The number of aliphatic hydroxyl groups excluding tert-OH is 1. The molecule has 0 radical (unpaired) electrons. The highest BCUT2D eigenvalue weighted by atomic mass is 16.5. The predicted octanol–water partition coefficient (Wildman–Crippen LogP) is 2.29. The molecule has 0 atom stereocenters. The van der Waals surface area contributed by atoms with Gasteiger partial charge in [-0.3, -0.25) is 0 Å². The minimum Gasteiger partial charge on any atom is -0.477 e. The van der Waals surface area contributed by atoms with Crippen molar-refractivity contribution in [2.24, 2.45) is 0 Å². The zero-order valence-electron chi connectivity index (χ0n) is 12.8. The Hall–Kier alpha value is -2.13. The highest BCUT2D eigenvalue weighted by Crippen LogP contribution is 2.08. The summed E-state index contributed by atoms with van der Waals surface area (Å²) in [4.78, 5) is 4.55. The molecule has 0 amide bonds. The molecule has 0 aliphatic carbocycles. The maximum absolute atomic E-state index is 8.87. The Kier molecular flexibility index (Phi) is 7.19. The Labute approximate surface area is 126 Å². The van der Waals surface area contributed by atoms with Gasteiger partial charge in [0.1, 0.15) is 0 Å². The van der Waals surface area contributed by atoms with Crippen molar-refractivity contribution < 1.29 is 9.84 Å². The van der Waals surface area contributed by atoms with Crippen molar-refractivity contribution in [3.05, 3.63) is 46.5 Å². The van der Waals surface area contributed by atoms with E-state index in [1.807, 2.05) is 44.2 Å². The summed E-state index contributed by atoms with van der Waals surface area (Å²) in [5.74, 6) is 0.533. The number of nitrogens with zero attached hydrogens (tertiary/aromatic N) is 1. The van der Waals surface area contributed by atoms with Gasteiger partial charge in [-0.25, -0.2) is 4.98 Å². The summed E-state index contributed by atoms with van der Waals surface area (Å²) in [5, 5.41) is 10.6. The minimum atomic E-state index is 0.0948. The molecule has 1 N–H and O–H groups in total. The van der Waals surface area contributed by atoms with Crippen molar-refractivity contribution in [2.45, 2.75) is 20.3 Å². The van der Waals surface area contributed by atoms with Crippen LogP contribution in [0.5, 0.6) is 5.88 Å². The first-order valence-corrected chi connectivity index (χ1v) is 7.04. The van der Waals surface area contributed by atoms with Gasteiger partial charge in [0.2, 0.25) is 5.88 Å². The van der Waals surface area contributed by atoms with Crippen LogP contribution >= 0.6 is 0 Å². The normalized spacial score (nSPS) is 12.4. The lowest BCUT2D eigenvalue weighted by Crippen LogP contribution is -2.30. The fourth-order valence-corrected chi connectivity index (χ4v) is 1.88. The van der Waals surface area contributed by atoms with Crippen molar-refractivity contribution in [2.75, 3.05) is 13.2 Å². The van der Waals surface area contributed by atoms with Crippen molar-refractivity contribution >= 4 is 24.8 Å². The molecule has 1 aromatic rings. The number of rotatable bonds is 7. The number of hydrogen-bond donors (Lipinski definition) is 1. The monoisotopic (exact) mass is 285 g/mol. The van der Waals surface area contributed by atoms with E-state index in [0.29, 0.717) is 18.9 Å². The van der Waals surface area contributed by atoms with Gasteiger partial charge < -0.3 is 9.84 Å². The maximum atomic E-state index is 8.87. The number of allylic oxidation sites excluding steroid dienone is 3. The second-order valence-electron chi connectivity index (χ2n) is 4.43. The highest BCUT2D eigenvalue weighted by Gasteiger charge is 2.07. The molecular weight excluding hydrogens is 262 g/mol. The van der Waals surface area contributed by atoms with Crippen LogP contribution in [0.2, 0.25) is 0 Å². The highest BCUT2D eigenvalue weighted by molar-refractivity contribution is 5.64. The number of aromatic nitrogens is 1. The molecule has 0 unspecified atom stereocenters. The van der Waals surface area contributed by atoms with Crippen LogP contribution in [-0.2, 0) is 0 Å². The summed E-state index contributed by atoms with van der Waals surface area (Å²) >= 11 is 0. The average molecular weight is 285 g/mol. The lowest BCUT2D eigenvalue weighted by molar-refractivity contribution is 0.228. The van der Waals surface area contributed by atoms with Crippen LogP contribution in [0.4, 0.5) is 0 Å². The third-order valence-corrected chi connectivity index (χ3v) is 2.90. The van der Waals surface area contributed by atoms with Gasteiger partial charge in [-0.2, -0.15) is 0 Å².